The van der Waals surface area contributed by atoms with Crippen molar-refractivity contribution in [1.29, 1.82) is 0 Å². The molecule has 82 valence electrons. The number of rotatable bonds is 3. The molecule has 0 nitrogen and oxygen atoms in total. The van der Waals surface area contributed by atoms with Crippen molar-refractivity contribution in [2.75, 3.05) is 0 Å². The standard InChI is InChI=1S/C15H15Br/c1-2-15(16,13-9-5-3-6-10-13)14-11-7-4-8-12-14/h3-12H,2H2,1H3. The van der Waals surface area contributed by atoms with Gasteiger partial charge in [-0.3, -0.25) is 0 Å². The van der Waals surface area contributed by atoms with Crippen LogP contribution in [0.4, 0.5) is 0 Å². The van der Waals surface area contributed by atoms with Gasteiger partial charge in [-0.2, -0.15) is 0 Å². The van der Waals surface area contributed by atoms with Crippen LogP contribution in [0, 0.1) is 0 Å². The number of alkyl halides is 1. The number of hydrogen-bond donors (Lipinski definition) is 0. The number of halogens is 1. The summed E-state index contributed by atoms with van der Waals surface area (Å²) in [5.41, 5.74) is 2.62. The van der Waals surface area contributed by atoms with Crippen molar-refractivity contribution < 1.29 is 0 Å². The van der Waals surface area contributed by atoms with E-state index < -0.39 is 0 Å². The van der Waals surface area contributed by atoms with Crippen LogP contribution in [0.15, 0.2) is 60.7 Å². The minimum Gasteiger partial charge on any atom is -0.0749 e. The Bertz CT molecular complexity index is 394. The summed E-state index contributed by atoms with van der Waals surface area (Å²) in [5, 5.41) is 0. The molecule has 0 bridgehead atoms. The largest absolute Gasteiger partial charge is 0.0752 e. The smallest absolute Gasteiger partial charge is 0.0749 e. The van der Waals surface area contributed by atoms with Crippen LogP contribution in [0.25, 0.3) is 0 Å². The summed E-state index contributed by atoms with van der Waals surface area (Å²) in [5.74, 6) is 0. The zero-order valence-electron chi connectivity index (χ0n) is 9.36. The summed E-state index contributed by atoms with van der Waals surface area (Å²) in [6.07, 6.45) is 1.03. The molecule has 0 saturated heterocycles. The van der Waals surface area contributed by atoms with E-state index in [9.17, 15) is 0 Å². The Hall–Kier alpha value is -1.08. The van der Waals surface area contributed by atoms with Gasteiger partial charge in [0.15, 0.2) is 0 Å². The molecule has 0 atom stereocenters. The van der Waals surface area contributed by atoms with Crippen LogP contribution >= 0.6 is 15.9 Å². The lowest BCUT2D eigenvalue weighted by Crippen LogP contribution is -2.18. The summed E-state index contributed by atoms with van der Waals surface area (Å²) in [7, 11) is 0. The van der Waals surface area contributed by atoms with Gasteiger partial charge in [-0.15, -0.1) is 0 Å². The van der Waals surface area contributed by atoms with E-state index >= 15 is 0 Å². The zero-order valence-corrected chi connectivity index (χ0v) is 10.9. The van der Waals surface area contributed by atoms with E-state index in [1.54, 1.807) is 0 Å². The fraction of sp³-hybridized carbons (Fsp3) is 0.200. The minimum atomic E-state index is -0.0600. The quantitative estimate of drug-likeness (QED) is 0.710. The fourth-order valence-electron chi connectivity index (χ4n) is 1.98. The molecular formula is C15H15Br. The summed E-state index contributed by atoms with van der Waals surface area (Å²) in [6, 6.07) is 21.1. The first-order chi connectivity index (χ1) is 7.77. The normalized spacial score (nSPS) is 11.4. The lowest BCUT2D eigenvalue weighted by molar-refractivity contribution is 0.726. The van der Waals surface area contributed by atoms with Gasteiger partial charge in [0.25, 0.3) is 0 Å². The molecule has 0 fully saturated rings. The molecule has 0 N–H and O–H groups in total. The lowest BCUT2D eigenvalue weighted by atomic mass is 9.89. The summed E-state index contributed by atoms with van der Waals surface area (Å²) < 4.78 is -0.0600. The van der Waals surface area contributed by atoms with Crippen LogP contribution in [0.1, 0.15) is 24.5 Å². The van der Waals surface area contributed by atoms with E-state index in [2.05, 4.69) is 83.5 Å². The van der Waals surface area contributed by atoms with Crippen molar-refractivity contribution in [3.8, 4) is 0 Å². The van der Waals surface area contributed by atoms with Crippen molar-refractivity contribution >= 4 is 15.9 Å². The molecule has 0 aliphatic carbocycles. The monoisotopic (exact) mass is 274 g/mol. The van der Waals surface area contributed by atoms with Gasteiger partial charge < -0.3 is 0 Å². The third kappa shape index (κ3) is 2.05. The molecule has 0 aliphatic heterocycles. The average molecular weight is 275 g/mol. The van der Waals surface area contributed by atoms with Crippen LogP contribution in [-0.2, 0) is 4.32 Å². The van der Waals surface area contributed by atoms with Gasteiger partial charge in [0.2, 0.25) is 0 Å². The van der Waals surface area contributed by atoms with Crippen LogP contribution in [0.3, 0.4) is 0 Å². The van der Waals surface area contributed by atoms with Gasteiger partial charge in [-0.1, -0.05) is 83.5 Å². The van der Waals surface area contributed by atoms with Crippen molar-refractivity contribution in [2.24, 2.45) is 0 Å². The highest BCUT2D eigenvalue weighted by Crippen LogP contribution is 2.41. The summed E-state index contributed by atoms with van der Waals surface area (Å²) >= 11 is 3.90. The molecule has 0 saturated carbocycles. The van der Waals surface area contributed by atoms with Crippen molar-refractivity contribution in [3.05, 3.63) is 71.8 Å². The van der Waals surface area contributed by atoms with Crippen molar-refractivity contribution in [3.63, 3.8) is 0 Å². The third-order valence-corrected chi connectivity index (χ3v) is 4.43. The SMILES string of the molecule is CCC(Br)(c1ccccc1)c1ccccc1. The van der Waals surface area contributed by atoms with Gasteiger partial charge in [0.05, 0.1) is 4.32 Å². The second-order valence-electron chi connectivity index (χ2n) is 3.89. The van der Waals surface area contributed by atoms with Gasteiger partial charge >= 0.3 is 0 Å². The number of benzene rings is 2. The first-order valence-corrected chi connectivity index (χ1v) is 6.36. The van der Waals surface area contributed by atoms with E-state index in [4.69, 9.17) is 0 Å². The Morgan fingerprint density at radius 1 is 0.812 bits per heavy atom. The van der Waals surface area contributed by atoms with Crippen molar-refractivity contribution in [2.45, 2.75) is 17.7 Å². The van der Waals surface area contributed by atoms with Gasteiger partial charge in [0, 0.05) is 0 Å². The second kappa shape index (κ2) is 4.84. The topological polar surface area (TPSA) is 0 Å². The van der Waals surface area contributed by atoms with Crippen LogP contribution in [-0.4, -0.2) is 0 Å². The zero-order chi connectivity index (χ0) is 11.4. The Morgan fingerprint density at radius 2 is 1.19 bits per heavy atom. The number of hydrogen-bond acceptors (Lipinski definition) is 0. The minimum absolute atomic E-state index is 0.0600. The second-order valence-corrected chi connectivity index (χ2v) is 5.24. The first kappa shape index (κ1) is 11.4. The van der Waals surface area contributed by atoms with E-state index in [0.717, 1.165) is 6.42 Å². The van der Waals surface area contributed by atoms with Crippen LogP contribution in [0.2, 0.25) is 0 Å². The Kier molecular flexibility index (Phi) is 3.45. The highest BCUT2D eigenvalue weighted by Gasteiger charge is 2.28. The maximum atomic E-state index is 3.90. The maximum absolute atomic E-state index is 3.90. The van der Waals surface area contributed by atoms with Gasteiger partial charge in [-0.05, 0) is 17.5 Å². The Morgan fingerprint density at radius 3 is 1.50 bits per heavy atom. The lowest BCUT2D eigenvalue weighted by Gasteiger charge is -2.27. The predicted octanol–water partition coefficient (Wildman–Crippen LogP) is 4.74. The summed E-state index contributed by atoms with van der Waals surface area (Å²) in [6.45, 7) is 2.20. The average Bonchev–Trinajstić information content (AvgIpc) is 2.40. The first-order valence-electron chi connectivity index (χ1n) is 5.57. The fourth-order valence-corrected chi connectivity index (χ4v) is 2.51. The molecule has 0 aliphatic rings. The molecule has 16 heavy (non-hydrogen) atoms. The molecule has 0 aromatic heterocycles. The molecule has 0 unspecified atom stereocenters. The van der Waals surface area contributed by atoms with Gasteiger partial charge in [0.1, 0.15) is 0 Å². The third-order valence-electron chi connectivity index (χ3n) is 2.95. The molecule has 0 spiro atoms. The molecule has 0 amide bonds. The molecule has 1 heteroatoms. The summed E-state index contributed by atoms with van der Waals surface area (Å²) in [4.78, 5) is 0. The maximum Gasteiger partial charge on any atom is 0.0752 e. The predicted molar refractivity (Wildman–Crippen MR) is 72.9 cm³/mol. The van der Waals surface area contributed by atoms with E-state index in [1.165, 1.54) is 11.1 Å². The molecular weight excluding hydrogens is 260 g/mol. The van der Waals surface area contributed by atoms with Gasteiger partial charge in [-0.25, -0.2) is 0 Å². The highest BCUT2D eigenvalue weighted by molar-refractivity contribution is 9.09. The van der Waals surface area contributed by atoms with E-state index in [1.807, 2.05) is 0 Å². The molecule has 2 aromatic carbocycles. The van der Waals surface area contributed by atoms with E-state index in [-0.39, 0.29) is 4.32 Å². The Labute approximate surface area is 105 Å². The molecule has 2 aromatic rings. The van der Waals surface area contributed by atoms with E-state index in [0.29, 0.717) is 0 Å². The Balaban J connectivity index is 2.49. The highest BCUT2D eigenvalue weighted by atomic mass is 79.9. The molecule has 0 heterocycles. The molecule has 2 rings (SSSR count). The molecule has 0 radical (unpaired) electrons. The van der Waals surface area contributed by atoms with Crippen LogP contribution < -0.4 is 0 Å². The van der Waals surface area contributed by atoms with Crippen molar-refractivity contribution in [1.82, 2.24) is 0 Å². The van der Waals surface area contributed by atoms with Crippen LogP contribution in [0.5, 0.6) is 0 Å².